The third kappa shape index (κ3) is 2.79. The molecule has 0 fully saturated rings. The monoisotopic (exact) mass is 249 g/mol. The maximum Gasteiger partial charge on any atom is 0.287 e. The number of hydrogen-bond acceptors (Lipinski definition) is 5. The van der Waals surface area contributed by atoms with Crippen LogP contribution in [0.15, 0.2) is 29.1 Å². The molecule has 2 rings (SSSR count). The molecule has 0 spiro atoms. The van der Waals surface area contributed by atoms with Crippen LogP contribution in [-0.2, 0) is 6.54 Å². The number of hydrogen-bond donors (Lipinski definition) is 1. The first-order chi connectivity index (χ1) is 8.16. The second-order valence-electron chi connectivity index (χ2n) is 3.60. The average Bonchev–Trinajstić information content (AvgIpc) is 2.80. The van der Waals surface area contributed by atoms with E-state index in [0.717, 1.165) is 5.56 Å². The van der Waals surface area contributed by atoms with Crippen molar-refractivity contribution < 1.29 is 4.92 Å². The van der Waals surface area contributed by atoms with Gasteiger partial charge in [-0.15, -0.1) is 0 Å². The molecular weight excluding hydrogens is 238 g/mol. The lowest BCUT2D eigenvalue weighted by Crippen LogP contribution is -2.03. The fourth-order valence-corrected chi connectivity index (χ4v) is 2.09. The lowest BCUT2D eigenvalue weighted by atomic mass is 10.2. The first kappa shape index (κ1) is 11.5. The molecule has 0 amide bonds. The molecule has 88 valence electrons. The SMILES string of the molecule is Cc1cc([N+](=O)[O-])cnc1NCc1ccsc1. The van der Waals surface area contributed by atoms with Gasteiger partial charge in [-0.05, 0) is 34.9 Å². The molecular formula is C11H11N3O2S. The summed E-state index contributed by atoms with van der Waals surface area (Å²) < 4.78 is 0. The minimum absolute atomic E-state index is 0.0172. The second kappa shape index (κ2) is 4.92. The van der Waals surface area contributed by atoms with E-state index in [4.69, 9.17) is 0 Å². The van der Waals surface area contributed by atoms with Crippen LogP contribution in [0.25, 0.3) is 0 Å². The summed E-state index contributed by atoms with van der Waals surface area (Å²) in [5, 5.41) is 17.8. The van der Waals surface area contributed by atoms with Gasteiger partial charge >= 0.3 is 0 Å². The van der Waals surface area contributed by atoms with Crippen molar-refractivity contribution >= 4 is 22.8 Å². The zero-order valence-corrected chi connectivity index (χ0v) is 10.0. The molecule has 0 saturated heterocycles. The third-order valence-electron chi connectivity index (χ3n) is 2.31. The van der Waals surface area contributed by atoms with E-state index in [-0.39, 0.29) is 5.69 Å². The third-order valence-corrected chi connectivity index (χ3v) is 3.05. The zero-order valence-electron chi connectivity index (χ0n) is 9.21. The highest BCUT2D eigenvalue weighted by Crippen LogP contribution is 2.18. The molecule has 5 nitrogen and oxygen atoms in total. The Kier molecular flexibility index (Phi) is 3.34. The summed E-state index contributed by atoms with van der Waals surface area (Å²) >= 11 is 1.64. The fourth-order valence-electron chi connectivity index (χ4n) is 1.42. The van der Waals surface area contributed by atoms with Crippen molar-refractivity contribution in [2.75, 3.05) is 5.32 Å². The van der Waals surface area contributed by atoms with Gasteiger partial charge in [0.2, 0.25) is 0 Å². The van der Waals surface area contributed by atoms with Crippen molar-refractivity contribution in [1.82, 2.24) is 4.98 Å². The molecule has 0 aliphatic rings. The lowest BCUT2D eigenvalue weighted by molar-refractivity contribution is -0.385. The topological polar surface area (TPSA) is 68.1 Å². The van der Waals surface area contributed by atoms with Gasteiger partial charge < -0.3 is 5.32 Å². The van der Waals surface area contributed by atoms with E-state index in [1.807, 2.05) is 16.8 Å². The highest BCUT2D eigenvalue weighted by Gasteiger charge is 2.09. The molecule has 6 heteroatoms. The van der Waals surface area contributed by atoms with E-state index in [1.54, 1.807) is 18.3 Å². The first-order valence-corrected chi connectivity index (χ1v) is 5.97. The Labute approximate surface area is 102 Å². The Morgan fingerprint density at radius 3 is 3.00 bits per heavy atom. The minimum Gasteiger partial charge on any atom is -0.366 e. The number of aryl methyl sites for hydroxylation is 1. The number of nitro groups is 1. The number of pyridine rings is 1. The summed E-state index contributed by atoms with van der Waals surface area (Å²) in [6.07, 6.45) is 1.27. The molecule has 0 unspecified atom stereocenters. The van der Waals surface area contributed by atoms with Crippen LogP contribution < -0.4 is 5.32 Å². The van der Waals surface area contributed by atoms with Crippen LogP contribution in [0.4, 0.5) is 11.5 Å². The number of anilines is 1. The first-order valence-electron chi connectivity index (χ1n) is 5.03. The standard InChI is InChI=1S/C11H11N3O2S/c1-8-4-10(14(15)16)6-13-11(8)12-5-9-2-3-17-7-9/h2-4,6-7H,5H2,1H3,(H,12,13). The summed E-state index contributed by atoms with van der Waals surface area (Å²) in [7, 11) is 0. The molecule has 2 heterocycles. The zero-order chi connectivity index (χ0) is 12.3. The van der Waals surface area contributed by atoms with E-state index in [0.29, 0.717) is 12.4 Å². The van der Waals surface area contributed by atoms with Crippen LogP contribution in [0.3, 0.4) is 0 Å². The largest absolute Gasteiger partial charge is 0.366 e. The molecule has 0 saturated carbocycles. The van der Waals surface area contributed by atoms with Crippen LogP contribution in [-0.4, -0.2) is 9.91 Å². The second-order valence-corrected chi connectivity index (χ2v) is 4.38. The summed E-state index contributed by atoms with van der Waals surface area (Å²) in [6.45, 7) is 2.48. The summed E-state index contributed by atoms with van der Waals surface area (Å²) in [5.41, 5.74) is 1.97. The molecule has 1 N–H and O–H groups in total. The van der Waals surface area contributed by atoms with Crippen molar-refractivity contribution in [3.05, 3.63) is 50.3 Å². The number of nitrogens with one attached hydrogen (secondary N) is 1. The number of aromatic nitrogens is 1. The van der Waals surface area contributed by atoms with Gasteiger partial charge in [0.15, 0.2) is 0 Å². The molecule has 0 atom stereocenters. The van der Waals surface area contributed by atoms with E-state index < -0.39 is 4.92 Å². The van der Waals surface area contributed by atoms with Gasteiger partial charge in [0.05, 0.1) is 4.92 Å². The Morgan fingerprint density at radius 1 is 1.59 bits per heavy atom. The van der Waals surface area contributed by atoms with E-state index in [9.17, 15) is 10.1 Å². The van der Waals surface area contributed by atoms with Gasteiger partial charge in [-0.2, -0.15) is 11.3 Å². The van der Waals surface area contributed by atoms with E-state index in [1.165, 1.54) is 17.8 Å². The normalized spacial score (nSPS) is 10.2. The van der Waals surface area contributed by atoms with Gasteiger partial charge in [-0.25, -0.2) is 4.98 Å². The molecule has 0 aromatic carbocycles. The number of rotatable bonds is 4. The van der Waals surface area contributed by atoms with Crippen LogP contribution in [0.1, 0.15) is 11.1 Å². The fraction of sp³-hybridized carbons (Fsp3) is 0.182. The van der Waals surface area contributed by atoms with Crippen molar-refractivity contribution in [2.24, 2.45) is 0 Å². The Hall–Kier alpha value is -1.95. The van der Waals surface area contributed by atoms with Gasteiger partial charge in [0.1, 0.15) is 12.0 Å². The molecule has 0 aliphatic carbocycles. The predicted octanol–water partition coefficient (Wildman–Crippen LogP) is 2.97. The molecule has 2 aromatic heterocycles. The maximum atomic E-state index is 10.6. The number of thiophene rings is 1. The maximum absolute atomic E-state index is 10.6. The van der Waals surface area contributed by atoms with Gasteiger partial charge in [0.25, 0.3) is 5.69 Å². The summed E-state index contributed by atoms with van der Waals surface area (Å²) in [4.78, 5) is 14.2. The molecule has 2 aromatic rings. The van der Waals surface area contributed by atoms with Gasteiger partial charge in [-0.3, -0.25) is 10.1 Å². The van der Waals surface area contributed by atoms with Crippen molar-refractivity contribution in [1.29, 1.82) is 0 Å². The molecule has 17 heavy (non-hydrogen) atoms. The highest BCUT2D eigenvalue weighted by atomic mass is 32.1. The van der Waals surface area contributed by atoms with Crippen LogP contribution in [0, 0.1) is 17.0 Å². The quantitative estimate of drug-likeness (QED) is 0.668. The molecule has 0 radical (unpaired) electrons. The summed E-state index contributed by atoms with van der Waals surface area (Å²) in [5.74, 6) is 0.682. The molecule has 0 aliphatic heterocycles. The van der Waals surface area contributed by atoms with E-state index >= 15 is 0 Å². The summed E-state index contributed by atoms with van der Waals surface area (Å²) in [6, 6.07) is 3.54. The minimum atomic E-state index is -0.442. The number of nitrogens with zero attached hydrogens (tertiary/aromatic N) is 2. The van der Waals surface area contributed by atoms with Crippen molar-refractivity contribution in [2.45, 2.75) is 13.5 Å². The highest BCUT2D eigenvalue weighted by molar-refractivity contribution is 7.07. The predicted molar refractivity (Wildman–Crippen MR) is 67.3 cm³/mol. The van der Waals surface area contributed by atoms with E-state index in [2.05, 4.69) is 10.3 Å². The van der Waals surface area contributed by atoms with Crippen molar-refractivity contribution in [3.8, 4) is 0 Å². The van der Waals surface area contributed by atoms with Gasteiger partial charge in [-0.1, -0.05) is 0 Å². The van der Waals surface area contributed by atoms with Crippen LogP contribution in [0.5, 0.6) is 0 Å². The Balaban J connectivity index is 2.09. The van der Waals surface area contributed by atoms with Gasteiger partial charge in [0, 0.05) is 12.6 Å². The Morgan fingerprint density at radius 2 is 2.41 bits per heavy atom. The lowest BCUT2D eigenvalue weighted by Gasteiger charge is -2.06. The Bertz CT molecular complexity index is 526. The van der Waals surface area contributed by atoms with Crippen LogP contribution >= 0.6 is 11.3 Å². The average molecular weight is 249 g/mol. The van der Waals surface area contributed by atoms with Crippen molar-refractivity contribution in [3.63, 3.8) is 0 Å². The smallest absolute Gasteiger partial charge is 0.287 e. The van der Waals surface area contributed by atoms with Crippen LogP contribution in [0.2, 0.25) is 0 Å². The molecule has 0 bridgehead atoms.